The average Bonchev–Trinajstić information content (AvgIpc) is 3.38. The van der Waals surface area contributed by atoms with Crippen molar-refractivity contribution in [1.82, 2.24) is 20.3 Å². The van der Waals surface area contributed by atoms with Crippen LogP contribution in [-0.4, -0.2) is 66.0 Å². The summed E-state index contributed by atoms with van der Waals surface area (Å²) in [6, 6.07) is 4.33. The number of aromatic nitrogens is 3. The van der Waals surface area contributed by atoms with E-state index in [1.807, 2.05) is 0 Å². The summed E-state index contributed by atoms with van der Waals surface area (Å²) in [5.41, 5.74) is 2.00. The molecule has 15 heteroatoms. The highest BCUT2D eigenvalue weighted by Crippen LogP contribution is 2.47. The second kappa shape index (κ2) is 10.7. The van der Waals surface area contributed by atoms with E-state index in [0.717, 1.165) is 25.0 Å². The largest absolute Gasteiger partial charge is 0.477 e. The third kappa shape index (κ3) is 4.91. The first-order chi connectivity index (χ1) is 21.1. The summed E-state index contributed by atoms with van der Waals surface area (Å²) in [6.07, 6.45) is -1.60. The van der Waals surface area contributed by atoms with Gasteiger partial charge >= 0.3 is 12.2 Å². The highest BCUT2D eigenvalue weighted by atomic mass is 35.5. The van der Waals surface area contributed by atoms with Crippen molar-refractivity contribution < 1.29 is 31.8 Å². The average molecular weight is 634 g/mol. The van der Waals surface area contributed by atoms with E-state index in [0.29, 0.717) is 44.8 Å². The van der Waals surface area contributed by atoms with Gasteiger partial charge in [0.2, 0.25) is 5.88 Å². The molecule has 3 fully saturated rings. The van der Waals surface area contributed by atoms with Crippen LogP contribution in [0.5, 0.6) is 11.9 Å². The number of nitrogens with two attached hydrogens (primary N) is 1. The van der Waals surface area contributed by atoms with Crippen molar-refractivity contribution >= 4 is 34.0 Å². The molecule has 4 aliphatic heterocycles. The number of rotatable bonds is 4. The molecule has 6 heterocycles. The molecule has 3 saturated heterocycles. The molecule has 0 radical (unpaired) electrons. The van der Waals surface area contributed by atoms with Crippen molar-refractivity contribution in [2.24, 2.45) is 5.41 Å². The number of nitriles is 1. The molecule has 4 aliphatic rings. The Balaban J connectivity index is 1.44. The maximum absolute atomic E-state index is 16.6. The van der Waals surface area contributed by atoms with E-state index in [-0.39, 0.29) is 59.8 Å². The van der Waals surface area contributed by atoms with Gasteiger partial charge in [0.15, 0.2) is 5.82 Å². The molecule has 0 aliphatic carbocycles. The minimum Gasteiger partial charge on any atom is -0.477 e. The molecule has 3 aromatic rings. The highest BCUT2D eigenvalue weighted by Gasteiger charge is 2.44. The minimum atomic E-state index is -4.94. The first kappa shape index (κ1) is 29.1. The minimum absolute atomic E-state index is 0.0407. The van der Waals surface area contributed by atoms with E-state index < -0.39 is 39.3 Å². The van der Waals surface area contributed by atoms with Crippen LogP contribution in [-0.2, 0) is 10.9 Å². The zero-order valence-corrected chi connectivity index (χ0v) is 24.1. The van der Waals surface area contributed by atoms with Gasteiger partial charge in [0.1, 0.15) is 29.0 Å². The van der Waals surface area contributed by atoms with Crippen molar-refractivity contribution in [3.8, 4) is 29.2 Å². The van der Waals surface area contributed by atoms with E-state index in [9.17, 15) is 18.4 Å². The summed E-state index contributed by atoms with van der Waals surface area (Å²) >= 11 is 6.00. The number of pyridine rings is 1. The quantitative estimate of drug-likeness (QED) is 0.303. The Bertz CT molecular complexity index is 1680. The number of hydrogen-bond donors (Lipinski definition) is 2. The van der Waals surface area contributed by atoms with Gasteiger partial charge in [-0.3, -0.25) is 0 Å². The summed E-state index contributed by atoms with van der Waals surface area (Å²) in [5, 5.41) is 13.0. The molecule has 10 nitrogen and oxygen atoms in total. The smallest absolute Gasteiger partial charge is 0.418 e. The Morgan fingerprint density at radius 3 is 2.70 bits per heavy atom. The third-order valence-electron chi connectivity index (χ3n) is 9.01. The van der Waals surface area contributed by atoms with Crippen LogP contribution in [0.15, 0.2) is 12.1 Å². The molecule has 3 atom stereocenters. The molecule has 0 unspecified atom stereocenters. The zero-order chi connectivity index (χ0) is 30.8. The molecule has 3 N–H and O–H groups in total. The molecule has 2 bridgehead atoms. The number of anilines is 2. The van der Waals surface area contributed by atoms with E-state index in [1.165, 1.54) is 0 Å². The SMILES string of the molecule is N#CC1(COc2nc3c4c(nc(-c5cc(N)cc(Cl)c5C(F)(F)F)c(F)c4n2)OCC[C@@H]2[C@@H]4CC[C@H](CN32)N4)CCOCC1. The van der Waals surface area contributed by atoms with Gasteiger partial charge < -0.3 is 30.2 Å². The molecule has 0 saturated carbocycles. The third-order valence-corrected chi connectivity index (χ3v) is 9.31. The second-order valence-electron chi connectivity index (χ2n) is 11.8. The second-order valence-corrected chi connectivity index (χ2v) is 12.2. The molecular weight excluding hydrogens is 606 g/mol. The summed E-state index contributed by atoms with van der Waals surface area (Å²) in [6.45, 7) is 1.46. The number of halogens is 5. The van der Waals surface area contributed by atoms with Crippen LogP contribution in [0.4, 0.5) is 29.1 Å². The van der Waals surface area contributed by atoms with Crippen molar-refractivity contribution in [3.05, 3.63) is 28.5 Å². The number of fused-ring (bicyclic) bond motifs is 5. The van der Waals surface area contributed by atoms with Crippen LogP contribution >= 0.6 is 11.6 Å². The fraction of sp³-hybridized carbons (Fsp3) is 0.517. The number of benzene rings is 1. The summed E-state index contributed by atoms with van der Waals surface area (Å²) < 4.78 is 76.7. The van der Waals surface area contributed by atoms with E-state index in [1.54, 1.807) is 0 Å². The lowest BCUT2D eigenvalue weighted by Gasteiger charge is -2.43. The first-order valence-electron chi connectivity index (χ1n) is 14.4. The number of nitrogen functional groups attached to an aromatic ring is 1. The lowest BCUT2D eigenvalue weighted by Crippen LogP contribution is -2.59. The van der Waals surface area contributed by atoms with Crippen molar-refractivity contribution in [1.29, 1.82) is 5.26 Å². The maximum Gasteiger partial charge on any atom is 0.418 e. The topological polar surface area (TPSA) is 131 Å². The Morgan fingerprint density at radius 1 is 1.16 bits per heavy atom. The molecule has 232 valence electrons. The van der Waals surface area contributed by atoms with Gasteiger partial charge in [-0.05, 0) is 37.8 Å². The van der Waals surface area contributed by atoms with E-state index >= 15 is 4.39 Å². The fourth-order valence-corrected chi connectivity index (χ4v) is 7.11. The molecular formula is C29H28ClF4N7O3. The van der Waals surface area contributed by atoms with Gasteiger partial charge in [0, 0.05) is 55.6 Å². The van der Waals surface area contributed by atoms with Crippen LogP contribution in [0.1, 0.15) is 37.7 Å². The first-order valence-corrected chi connectivity index (χ1v) is 14.8. The van der Waals surface area contributed by atoms with Gasteiger partial charge in [0.25, 0.3) is 0 Å². The Morgan fingerprint density at radius 2 is 1.95 bits per heavy atom. The van der Waals surface area contributed by atoms with Gasteiger partial charge in [-0.15, -0.1) is 0 Å². The van der Waals surface area contributed by atoms with Gasteiger partial charge in [-0.2, -0.15) is 28.4 Å². The monoisotopic (exact) mass is 633 g/mol. The normalized spacial score (nSPS) is 24.2. The standard InChI is InChI=1S/C29H28ClF4N7O3/c30-17-10-14(36)9-16(21(17)29(32,33)34)23-22(31)24-20-25(40-27(39-24)44-13-28(12-35)4-7-42-8-5-28)41-11-15-1-2-18(37-15)19(41)3-6-43-26(20)38-23/h9-10,15,18-19,37H,1-8,11,13,36H2/t15-,18+,19-/m1/s1. The van der Waals surface area contributed by atoms with Crippen molar-refractivity contribution in [3.63, 3.8) is 0 Å². The lowest BCUT2D eigenvalue weighted by molar-refractivity contribution is -0.137. The zero-order valence-electron chi connectivity index (χ0n) is 23.4. The van der Waals surface area contributed by atoms with Crippen LogP contribution < -0.4 is 25.4 Å². The Kier molecular flexibility index (Phi) is 7.10. The van der Waals surface area contributed by atoms with Crippen LogP contribution in [0.25, 0.3) is 22.2 Å². The Labute approximate surface area is 254 Å². The van der Waals surface area contributed by atoms with Gasteiger partial charge in [-0.25, -0.2) is 9.37 Å². The molecule has 7 rings (SSSR count). The van der Waals surface area contributed by atoms with Gasteiger partial charge in [-0.1, -0.05) is 11.6 Å². The number of nitrogens with zero attached hydrogens (tertiary/aromatic N) is 5. The highest BCUT2D eigenvalue weighted by molar-refractivity contribution is 6.32. The molecule has 1 aromatic carbocycles. The summed E-state index contributed by atoms with van der Waals surface area (Å²) in [7, 11) is 0. The molecule has 0 amide bonds. The van der Waals surface area contributed by atoms with Crippen LogP contribution in [0.3, 0.4) is 0 Å². The lowest BCUT2D eigenvalue weighted by atomic mass is 9.83. The molecule has 0 spiro atoms. The summed E-state index contributed by atoms with van der Waals surface area (Å²) in [5.74, 6) is -0.920. The number of ether oxygens (including phenoxy) is 3. The number of alkyl halides is 3. The number of nitrogens with one attached hydrogen (secondary N) is 1. The Hall–Kier alpha value is -3.67. The van der Waals surface area contributed by atoms with Crippen molar-refractivity contribution in [2.75, 3.05) is 43.6 Å². The van der Waals surface area contributed by atoms with Crippen LogP contribution in [0, 0.1) is 22.6 Å². The van der Waals surface area contributed by atoms with Crippen LogP contribution in [0.2, 0.25) is 5.02 Å². The maximum atomic E-state index is 16.6. The molecule has 2 aromatic heterocycles. The number of piperazine rings is 1. The predicted octanol–water partition coefficient (Wildman–Crippen LogP) is 4.88. The molecule has 44 heavy (non-hydrogen) atoms. The predicted molar refractivity (Wildman–Crippen MR) is 152 cm³/mol. The fourth-order valence-electron chi connectivity index (χ4n) is 6.78. The van der Waals surface area contributed by atoms with Crippen molar-refractivity contribution in [2.45, 2.75) is 56.4 Å². The number of hydrogen-bond acceptors (Lipinski definition) is 10. The van der Waals surface area contributed by atoms with E-state index in [2.05, 4.69) is 26.3 Å². The van der Waals surface area contributed by atoms with E-state index in [4.69, 9.17) is 36.5 Å². The summed E-state index contributed by atoms with van der Waals surface area (Å²) in [4.78, 5) is 15.4. The van der Waals surface area contributed by atoms with Gasteiger partial charge in [0.05, 0.1) is 28.7 Å².